The summed E-state index contributed by atoms with van der Waals surface area (Å²) in [6.45, 7) is 3.90. The Morgan fingerprint density at radius 1 is 1.02 bits per heavy atom. The predicted octanol–water partition coefficient (Wildman–Crippen LogP) is 4.10. The fraction of sp³-hybridized carbons (Fsp3) is 0.345. The van der Waals surface area contributed by atoms with Crippen LogP contribution < -0.4 is 10.2 Å². The van der Waals surface area contributed by atoms with E-state index in [9.17, 15) is 22.8 Å². The third-order valence-corrected chi connectivity index (χ3v) is 10.3. The smallest absolute Gasteiger partial charge is 0.265 e. The van der Waals surface area contributed by atoms with E-state index >= 15 is 4.39 Å². The molecule has 1 N–H and O–H groups in total. The van der Waals surface area contributed by atoms with Crippen LogP contribution in [0.3, 0.4) is 0 Å². The van der Waals surface area contributed by atoms with Crippen molar-refractivity contribution in [3.63, 3.8) is 0 Å². The van der Waals surface area contributed by atoms with E-state index in [4.69, 9.17) is 0 Å². The van der Waals surface area contributed by atoms with Gasteiger partial charge in [0.25, 0.3) is 5.91 Å². The molecule has 3 heterocycles. The number of piperidine rings is 1. The maximum Gasteiger partial charge on any atom is 0.265 e. The molecule has 1 aromatic heterocycles. The average Bonchev–Trinajstić information content (AvgIpc) is 3.46. The third kappa shape index (κ3) is 6.32. The van der Waals surface area contributed by atoms with E-state index in [0.29, 0.717) is 11.1 Å². The summed E-state index contributed by atoms with van der Waals surface area (Å²) in [5.41, 5.74) is 1.80. The van der Waals surface area contributed by atoms with Crippen molar-refractivity contribution >= 4 is 50.1 Å². The summed E-state index contributed by atoms with van der Waals surface area (Å²) in [5, 5.41) is 4.98. The highest BCUT2D eigenvalue weighted by Gasteiger charge is 2.34. The highest BCUT2D eigenvalue weighted by molar-refractivity contribution is 7.94. The lowest BCUT2D eigenvalue weighted by Gasteiger charge is -2.28. The van der Waals surface area contributed by atoms with Crippen LogP contribution in [0, 0.1) is 5.82 Å². The SMILES string of the molecule is O=C(Cc1ccc(N2C(=O)Cc3cc(NCCN4CCCCC4)ccc3C2=O)c(F)c1)CS(=O)(=O)c1cccs1. The van der Waals surface area contributed by atoms with Crippen molar-refractivity contribution < 1.29 is 27.2 Å². The van der Waals surface area contributed by atoms with Gasteiger partial charge in [-0.2, -0.15) is 0 Å². The number of fused-ring (bicyclic) bond motifs is 1. The quantitative estimate of drug-likeness (QED) is 0.359. The zero-order chi connectivity index (χ0) is 28.3. The first-order valence-corrected chi connectivity index (χ1v) is 15.8. The number of nitrogens with zero attached hydrogens (tertiary/aromatic N) is 2. The number of benzene rings is 2. The fourth-order valence-corrected chi connectivity index (χ4v) is 7.50. The number of likely N-dealkylation sites (tertiary alicyclic amines) is 1. The summed E-state index contributed by atoms with van der Waals surface area (Å²) in [4.78, 5) is 41.9. The van der Waals surface area contributed by atoms with Crippen LogP contribution in [0.1, 0.15) is 40.7 Å². The molecule has 0 bridgehead atoms. The zero-order valence-electron chi connectivity index (χ0n) is 21.9. The Balaban J connectivity index is 1.24. The van der Waals surface area contributed by atoms with Gasteiger partial charge in [-0.25, -0.2) is 17.7 Å². The summed E-state index contributed by atoms with van der Waals surface area (Å²) >= 11 is 1.03. The second kappa shape index (κ2) is 12.0. The number of Topliss-reactive ketones (excluding diaryl/α,β-unsaturated/α-hetero) is 1. The number of anilines is 2. The Bertz CT molecular complexity index is 1530. The first-order valence-electron chi connectivity index (χ1n) is 13.2. The van der Waals surface area contributed by atoms with Gasteiger partial charge in [0.2, 0.25) is 5.91 Å². The molecule has 0 spiro atoms. The van der Waals surface area contributed by atoms with Gasteiger partial charge in [0.15, 0.2) is 15.6 Å². The van der Waals surface area contributed by atoms with Crippen molar-refractivity contribution in [3.8, 4) is 0 Å². The summed E-state index contributed by atoms with van der Waals surface area (Å²) in [6, 6.07) is 12.0. The molecule has 1 fully saturated rings. The highest BCUT2D eigenvalue weighted by atomic mass is 32.2. The Labute approximate surface area is 236 Å². The van der Waals surface area contributed by atoms with Gasteiger partial charge in [-0.1, -0.05) is 18.6 Å². The summed E-state index contributed by atoms with van der Waals surface area (Å²) in [7, 11) is -3.76. The first kappa shape index (κ1) is 28.1. The van der Waals surface area contributed by atoms with Gasteiger partial charge in [-0.05, 0) is 78.8 Å². The monoisotopic (exact) mass is 583 g/mol. The lowest BCUT2D eigenvalue weighted by atomic mass is 9.96. The maximum atomic E-state index is 15.1. The Morgan fingerprint density at radius 3 is 2.55 bits per heavy atom. The average molecular weight is 584 g/mol. The Morgan fingerprint density at radius 2 is 1.82 bits per heavy atom. The zero-order valence-corrected chi connectivity index (χ0v) is 23.5. The summed E-state index contributed by atoms with van der Waals surface area (Å²) in [5.74, 6) is -3.28. The number of carbonyl (C=O) groups is 3. The number of hydrogen-bond acceptors (Lipinski definition) is 8. The Hall–Kier alpha value is -3.41. The van der Waals surface area contributed by atoms with Crippen molar-refractivity contribution in [1.29, 1.82) is 0 Å². The minimum Gasteiger partial charge on any atom is -0.384 e. The van der Waals surface area contributed by atoms with Gasteiger partial charge >= 0.3 is 0 Å². The molecule has 0 aliphatic carbocycles. The lowest BCUT2D eigenvalue weighted by molar-refractivity contribution is -0.118. The first-order chi connectivity index (χ1) is 19.2. The molecule has 2 aliphatic rings. The minimum atomic E-state index is -3.76. The van der Waals surface area contributed by atoms with Crippen LogP contribution in [0.5, 0.6) is 0 Å². The van der Waals surface area contributed by atoms with Crippen LogP contribution in [0.4, 0.5) is 15.8 Å². The van der Waals surface area contributed by atoms with Crippen LogP contribution in [0.25, 0.3) is 0 Å². The number of hydrogen-bond donors (Lipinski definition) is 1. The number of thiophene rings is 1. The molecule has 0 radical (unpaired) electrons. The van der Waals surface area contributed by atoms with Crippen LogP contribution in [-0.2, 0) is 32.3 Å². The van der Waals surface area contributed by atoms with Crippen molar-refractivity contribution in [2.24, 2.45) is 0 Å². The molecule has 3 aromatic rings. The fourth-order valence-electron chi connectivity index (χ4n) is 5.16. The molecular weight excluding hydrogens is 553 g/mol. The largest absolute Gasteiger partial charge is 0.384 e. The third-order valence-electron chi connectivity index (χ3n) is 7.14. The molecule has 210 valence electrons. The summed E-state index contributed by atoms with van der Waals surface area (Å²) < 4.78 is 40.0. The van der Waals surface area contributed by atoms with Gasteiger partial charge in [-0.3, -0.25) is 14.4 Å². The van der Waals surface area contributed by atoms with E-state index in [0.717, 1.165) is 54.2 Å². The van der Waals surface area contributed by atoms with E-state index < -0.39 is 39.0 Å². The topological polar surface area (TPSA) is 104 Å². The number of nitrogens with one attached hydrogen (secondary N) is 1. The van der Waals surface area contributed by atoms with Gasteiger partial charge in [0.05, 0.1) is 12.1 Å². The molecule has 5 rings (SSSR count). The molecular formula is C29H30FN3O5S2. The number of halogens is 1. The standard InChI is InChI=1S/C29H30FN3O5S2/c30-25-16-20(15-23(34)19-40(37,38)28-5-4-14-39-28)6-9-26(25)33-27(35)18-21-17-22(7-8-24(21)29(33)36)31-10-13-32-11-2-1-3-12-32/h4-9,14,16-17,31H,1-3,10-13,15,18-19H2. The number of carbonyl (C=O) groups excluding carboxylic acids is 3. The molecule has 0 unspecified atom stereocenters. The maximum absolute atomic E-state index is 15.1. The molecule has 40 heavy (non-hydrogen) atoms. The lowest BCUT2D eigenvalue weighted by Crippen LogP contribution is -2.43. The number of sulfone groups is 1. The van der Waals surface area contributed by atoms with Crippen molar-refractivity contribution in [1.82, 2.24) is 4.90 Å². The molecule has 11 heteroatoms. The minimum absolute atomic E-state index is 0.0526. The second-order valence-electron chi connectivity index (χ2n) is 10.1. The molecule has 1 saturated heterocycles. The molecule has 2 aromatic carbocycles. The number of amides is 2. The molecule has 0 atom stereocenters. The van der Waals surface area contributed by atoms with Crippen LogP contribution in [0.2, 0.25) is 0 Å². The van der Waals surface area contributed by atoms with Gasteiger partial charge in [0, 0.05) is 30.8 Å². The number of rotatable bonds is 10. The molecule has 8 nitrogen and oxygen atoms in total. The normalized spacial score (nSPS) is 16.2. The van der Waals surface area contributed by atoms with E-state index in [2.05, 4.69) is 10.2 Å². The van der Waals surface area contributed by atoms with Gasteiger partial charge < -0.3 is 10.2 Å². The van der Waals surface area contributed by atoms with Crippen LogP contribution in [-0.4, -0.2) is 62.8 Å². The van der Waals surface area contributed by atoms with E-state index in [1.165, 1.54) is 37.5 Å². The van der Waals surface area contributed by atoms with Gasteiger partial charge in [0.1, 0.15) is 15.8 Å². The highest BCUT2D eigenvalue weighted by Crippen LogP contribution is 2.30. The summed E-state index contributed by atoms with van der Waals surface area (Å²) in [6.07, 6.45) is 3.38. The van der Waals surface area contributed by atoms with E-state index in [1.807, 2.05) is 0 Å². The number of ketones is 1. The number of imide groups is 1. The van der Waals surface area contributed by atoms with Crippen molar-refractivity contribution in [2.75, 3.05) is 42.1 Å². The van der Waals surface area contributed by atoms with E-state index in [1.54, 1.807) is 29.6 Å². The second-order valence-corrected chi connectivity index (χ2v) is 13.3. The van der Waals surface area contributed by atoms with E-state index in [-0.39, 0.29) is 28.3 Å². The Kier molecular flexibility index (Phi) is 8.43. The molecule has 0 saturated carbocycles. The van der Waals surface area contributed by atoms with Crippen molar-refractivity contribution in [2.45, 2.75) is 36.3 Å². The van der Waals surface area contributed by atoms with Crippen molar-refractivity contribution in [3.05, 3.63) is 76.4 Å². The van der Waals surface area contributed by atoms with Crippen LogP contribution in [0.15, 0.2) is 58.1 Å². The van der Waals surface area contributed by atoms with Gasteiger partial charge in [-0.15, -0.1) is 11.3 Å². The predicted molar refractivity (Wildman–Crippen MR) is 152 cm³/mol. The molecule has 2 aliphatic heterocycles. The van der Waals surface area contributed by atoms with Crippen LogP contribution >= 0.6 is 11.3 Å². The molecule has 2 amide bonds.